The number of rotatable bonds is 4. The van der Waals surface area contributed by atoms with Crippen LogP contribution in [0.2, 0.25) is 0 Å². The van der Waals surface area contributed by atoms with Crippen molar-refractivity contribution in [2.24, 2.45) is 0 Å². The minimum Gasteiger partial charge on any atom is -0.456 e. The van der Waals surface area contributed by atoms with E-state index in [4.69, 9.17) is 14.4 Å². The normalized spacial score (nSPS) is 13.1. The molecule has 0 atom stereocenters. The summed E-state index contributed by atoms with van der Waals surface area (Å²) in [5, 5.41) is 6.96. The van der Waals surface area contributed by atoms with Gasteiger partial charge in [0.1, 0.15) is 11.2 Å². The highest BCUT2D eigenvalue weighted by atomic mass is 16.3. The number of aromatic nitrogens is 2. The van der Waals surface area contributed by atoms with E-state index < -0.39 is 0 Å². The number of para-hydroxylation sites is 1. The Morgan fingerprint density at radius 2 is 0.862 bits per heavy atom. The first-order valence-corrected chi connectivity index (χ1v) is 20.0. The molecule has 12 rings (SSSR count). The molecule has 272 valence electrons. The Bertz CT molecular complexity index is 3460. The largest absolute Gasteiger partial charge is 0.456 e. The summed E-state index contributed by atoms with van der Waals surface area (Å²) >= 11 is 0. The quantitative estimate of drug-likeness (QED) is 0.169. The summed E-state index contributed by atoms with van der Waals surface area (Å²) in [6, 6.07) is 63.5. The van der Waals surface area contributed by atoms with Crippen LogP contribution in [0.4, 0.5) is 0 Å². The highest BCUT2D eigenvalue weighted by Gasteiger charge is 2.36. The fraction of sp³-hybridized carbons (Fsp3) is 0.0545. The number of hydrogen-bond acceptors (Lipinski definition) is 3. The zero-order valence-corrected chi connectivity index (χ0v) is 32.1. The topological polar surface area (TPSA) is 38.9 Å². The average Bonchev–Trinajstić information content (AvgIpc) is 3.77. The van der Waals surface area contributed by atoms with Gasteiger partial charge in [0.15, 0.2) is 0 Å². The Hall–Kier alpha value is -7.36. The number of nitrogens with zero attached hydrogens (tertiary/aromatic N) is 2. The van der Waals surface area contributed by atoms with E-state index >= 15 is 0 Å². The molecule has 0 saturated carbocycles. The van der Waals surface area contributed by atoms with Crippen molar-refractivity contribution in [1.82, 2.24) is 9.97 Å². The van der Waals surface area contributed by atoms with Gasteiger partial charge in [-0.05, 0) is 109 Å². The van der Waals surface area contributed by atoms with Crippen LogP contribution in [0.25, 0.3) is 110 Å². The van der Waals surface area contributed by atoms with E-state index in [0.29, 0.717) is 0 Å². The second-order valence-corrected chi connectivity index (χ2v) is 16.2. The fourth-order valence-corrected chi connectivity index (χ4v) is 9.50. The van der Waals surface area contributed by atoms with Gasteiger partial charge in [-0.15, -0.1) is 0 Å². The van der Waals surface area contributed by atoms with Gasteiger partial charge in [0.2, 0.25) is 0 Å². The lowest BCUT2D eigenvalue weighted by Crippen LogP contribution is -2.15. The molecule has 0 fully saturated rings. The summed E-state index contributed by atoms with van der Waals surface area (Å²) in [5.41, 5.74) is 17.9. The lowest BCUT2D eigenvalue weighted by atomic mass is 9.81. The van der Waals surface area contributed by atoms with Crippen LogP contribution in [-0.2, 0) is 5.41 Å². The van der Waals surface area contributed by atoms with E-state index in [1.807, 2.05) is 18.3 Å². The minimum absolute atomic E-state index is 0.197. The fourth-order valence-electron chi connectivity index (χ4n) is 9.50. The van der Waals surface area contributed by atoms with Crippen molar-refractivity contribution in [2.75, 3.05) is 0 Å². The maximum absolute atomic E-state index is 6.10. The Balaban J connectivity index is 0.885. The van der Waals surface area contributed by atoms with Gasteiger partial charge in [0.25, 0.3) is 0 Å². The molecule has 0 unspecified atom stereocenters. The third kappa shape index (κ3) is 4.93. The standard InChI is InChI=1S/C55H36N2O/c1-55(2)48-30-38(36-14-10-12-34(28-36)33-11-9-13-35(27-33)37-23-26-52-47(29-37)44-17-7-8-20-51(44)58-52)21-24-42(48)43-25-22-39(31-49(43)55)50-32-56-53-45-18-5-3-15-40(45)41-16-4-6-19-46(41)54(53)57-50/h3-32H,1-2H3. The summed E-state index contributed by atoms with van der Waals surface area (Å²) in [6.07, 6.45) is 1.95. The number of fused-ring (bicyclic) bond motifs is 12. The highest BCUT2D eigenvalue weighted by molar-refractivity contribution is 6.23. The molecule has 11 aromatic rings. The molecule has 0 amide bonds. The molecule has 1 aliphatic carbocycles. The summed E-state index contributed by atoms with van der Waals surface area (Å²) in [5.74, 6) is 0. The van der Waals surface area contributed by atoms with E-state index in [-0.39, 0.29) is 5.41 Å². The van der Waals surface area contributed by atoms with Crippen molar-refractivity contribution in [3.8, 4) is 55.8 Å². The third-order valence-corrected chi connectivity index (χ3v) is 12.5. The number of furan rings is 1. The van der Waals surface area contributed by atoms with E-state index in [1.165, 1.54) is 66.4 Å². The van der Waals surface area contributed by atoms with Crippen molar-refractivity contribution in [3.63, 3.8) is 0 Å². The summed E-state index contributed by atoms with van der Waals surface area (Å²) in [4.78, 5) is 10.4. The van der Waals surface area contributed by atoms with E-state index in [0.717, 1.165) is 55.0 Å². The zero-order chi connectivity index (χ0) is 38.5. The average molecular weight is 741 g/mol. The molecule has 0 aliphatic heterocycles. The first kappa shape index (κ1) is 32.8. The molecule has 3 nitrogen and oxygen atoms in total. The van der Waals surface area contributed by atoms with Crippen LogP contribution in [0.3, 0.4) is 0 Å². The van der Waals surface area contributed by atoms with E-state index in [2.05, 4.69) is 178 Å². The molecule has 0 saturated heterocycles. The van der Waals surface area contributed by atoms with E-state index in [9.17, 15) is 0 Å². The summed E-state index contributed by atoms with van der Waals surface area (Å²) in [7, 11) is 0. The third-order valence-electron chi connectivity index (χ3n) is 12.5. The first-order chi connectivity index (χ1) is 28.5. The van der Waals surface area contributed by atoms with Gasteiger partial charge in [-0.25, -0.2) is 4.98 Å². The van der Waals surface area contributed by atoms with Crippen LogP contribution < -0.4 is 0 Å². The smallest absolute Gasteiger partial charge is 0.135 e. The predicted molar refractivity (Wildman–Crippen MR) is 241 cm³/mol. The lowest BCUT2D eigenvalue weighted by molar-refractivity contribution is 0.661. The van der Waals surface area contributed by atoms with Gasteiger partial charge >= 0.3 is 0 Å². The minimum atomic E-state index is -0.197. The van der Waals surface area contributed by atoms with Crippen molar-refractivity contribution >= 4 is 54.5 Å². The first-order valence-electron chi connectivity index (χ1n) is 20.0. The molecule has 0 bridgehead atoms. The van der Waals surface area contributed by atoms with Crippen LogP contribution in [0.1, 0.15) is 25.0 Å². The molecule has 0 radical (unpaired) electrons. The predicted octanol–water partition coefficient (Wildman–Crippen LogP) is 14.8. The van der Waals surface area contributed by atoms with E-state index in [1.54, 1.807) is 0 Å². The molecular weight excluding hydrogens is 705 g/mol. The molecule has 3 heteroatoms. The second-order valence-electron chi connectivity index (χ2n) is 16.2. The van der Waals surface area contributed by atoms with Crippen LogP contribution in [0.5, 0.6) is 0 Å². The van der Waals surface area contributed by atoms with Crippen molar-refractivity contribution in [3.05, 3.63) is 193 Å². The molecule has 2 heterocycles. The molecule has 2 aromatic heterocycles. The molecular formula is C55H36N2O. The zero-order valence-electron chi connectivity index (χ0n) is 32.1. The molecule has 0 N–H and O–H groups in total. The monoisotopic (exact) mass is 740 g/mol. The molecule has 58 heavy (non-hydrogen) atoms. The SMILES string of the molecule is CC1(C)c2cc(-c3cccc(-c4cccc(-c5ccc6oc7ccccc7c6c5)c4)c3)ccc2-c2ccc(-c3cnc4c5ccccc5c5ccccc5c4n3)cc21. The van der Waals surface area contributed by atoms with Crippen molar-refractivity contribution in [1.29, 1.82) is 0 Å². The van der Waals surface area contributed by atoms with Crippen LogP contribution in [0, 0.1) is 0 Å². The molecule has 1 aliphatic rings. The maximum Gasteiger partial charge on any atom is 0.135 e. The van der Waals surface area contributed by atoms with Gasteiger partial charge in [0.05, 0.1) is 22.9 Å². The summed E-state index contributed by atoms with van der Waals surface area (Å²) in [6.45, 7) is 4.70. The van der Waals surface area contributed by atoms with Gasteiger partial charge in [-0.2, -0.15) is 0 Å². The van der Waals surface area contributed by atoms with Crippen LogP contribution >= 0.6 is 0 Å². The van der Waals surface area contributed by atoms with Gasteiger partial charge in [-0.1, -0.05) is 147 Å². The maximum atomic E-state index is 6.10. The Kier molecular flexibility index (Phi) is 6.98. The highest BCUT2D eigenvalue weighted by Crippen LogP contribution is 2.51. The summed E-state index contributed by atoms with van der Waals surface area (Å²) < 4.78 is 6.10. The van der Waals surface area contributed by atoms with Gasteiger partial charge in [-0.3, -0.25) is 4.98 Å². The van der Waals surface area contributed by atoms with Crippen molar-refractivity contribution < 1.29 is 4.42 Å². The molecule has 9 aromatic carbocycles. The Morgan fingerprint density at radius 1 is 0.379 bits per heavy atom. The van der Waals surface area contributed by atoms with Gasteiger partial charge in [0, 0.05) is 32.5 Å². The van der Waals surface area contributed by atoms with Crippen LogP contribution in [0.15, 0.2) is 187 Å². The number of benzene rings is 9. The number of hydrogen-bond donors (Lipinski definition) is 0. The molecule has 0 spiro atoms. The Morgan fingerprint density at radius 3 is 1.52 bits per heavy atom. The van der Waals surface area contributed by atoms with Gasteiger partial charge < -0.3 is 4.42 Å². The Labute approximate surface area is 335 Å². The second kappa shape index (κ2) is 12.3. The van der Waals surface area contributed by atoms with Crippen LogP contribution in [-0.4, -0.2) is 9.97 Å². The van der Waals surface area contributed by atoms with Crippen molar-refractivity contribution in [2.45, 2.75) is 19.3 Å². The lowest BCUT2D eigenvalue weighted by Gasteiger charge is -2.22.